The van der Waals surface area contributed by atoms with E-state index in [1.807, 2.05) is 4.90 Å². The lowest BCUT2D eigenvalue weighted by atomic mass is 9.74. The van der Waals surface area contributed by atoms with Gasteiger partial charge in [-0.15, -0.1) is 0 Å². The van der Waals surface area contributed by atoms with Crippen LogP contribution in [0.25, 0.3) is 10.9 Å². The van der Waals surface area contributed by atoms with Crippen LogP contribution in [-0.2, 0) is 6.67 Å². The summed E-state index contributed by atoms with van der Waals surface area (Å²) in [5.41, 5.74) is 0.592. The molecule has 4 rings (SSSR count). The molecular weight excluding hydrogens is 503 g/mol. The Morgan fingerprint density at radius 1 is 1.13 bits per heavy atom. The van der Waals surface area contributed by atoms with E-state index in [0.717, 1.165) is 12.1 Å². The minimum Gasteiger partial charge on any atom is -0.497 e. The van der Waals surface area contributed by atoms with Crippen LogP contribution in [-0.4, -0.2) is 48.3 Å². The second-order valence-corrected chi connectivity index (χ2v) is 9.71. The quantitative estimate of drug-likeness (QED) is 0.218. The number of rotatable bonds is 8. The van der Waals surface area contributed by atoms with Crippen LogP contribution in [0.1, 0.15) is 48.5 Å². The average molecular weight is 533 g/mol. The maximum atomic E-state index is 15.7. The summed E-state index contributed by atoms with van der Waals surface area (Å²) in [5.74, 6) is 1.92. The molecule has 1 saturated heterocycles. The Bertz CT molecular complexity index is 1320. The number of aliphatic hydroxyl groups is 1. The molecule has 1 fully saturated rings. The second-order valence-electron chi connectivity index (χ2n) is 9.71. The number of hydrogen-bond acceptors (Lipinski definition) is 4. The number of fused-ring (bicyclic) bond motifs is 1. The molecule has 3 aromatic rings. The van der Waals surface area contributed by atoms with Crippen molar-refractivity contribution in [1.82, 2.24) is 9.88 Å². The van der Waals surface area contributed by atoms with Crippen molar-refractivity contribution in [3.8, 4) is 17.6 Å². The summed E-state index contributed by atoms with van der Waals surface area (Å²) in [5, 5.41) is 10.7. The van der Waals surface area contributed by atoms with E-state index in [1.54, 1.807) is 18.2 Å². The molecule has 38 heavy (non-hydrogen) atoms. The van der Waals surface area contributed by atoms with Gasteiger partial charge in [0.15, 0.2) is 17.5 Å². The minimum atomic E-state index is -1.53. The molecule has 1 aliphatic heterocycles. The molecule has 9 heteroatoms. The number of pyridine rings is 1. The van der Waals surface area contributed by atoms with Gasteiger partial charge in [-0.1, -0.05) is 11.8 Å². The molecule has 0 radical (unpaired) electrons. The molecule has 0 aliphatic carbocycles. The van der Waals surface area contributed by atoms with Gasteiger partial charge >= 0.3 is 0 Å². The van der Waals surface area contributed by atoms with Crippen molar-refractivity contribution in [2.24, 2.45) is 5.41 Å². The van der Waals surface area contributed by atoms with Crippen LogP contribution >= 0.6 is 0 Å². The van der Waals surface area contributed by atoms with E-state index < -0.39 is 35.7 Å². The highest BCUT2D eigenvalue weighted by Gasteiger charge is 2.35. The highest BCUT2D eigenvalue weighted by Crippen LogP contribution is 2.41. The number of nitrogens with zero attached hydrogens (tertiary/aromatic N) is 2. The standard InChI is InChI=1S/C29H29F5N2O2/c1-38-21-4-5-26-22(15-21)27(20(16-30)17-35-26)23(31)6-7-29(18-37)8-11-36(12-9-29)10-2-3-19-13-24(32)28(34)25(33)14-19/h4-5,13-15,17,23,37H,6-12,16,18H2,1H3. The molecule has 1 aliphatic rings. The fraction of sp³-hybridized carbons (Fsp3) is 0.414. The Morgan fingerprint density at radius 3 is 2.47 bits per heavy atom. The Kier molecular flexibility index (Phi) is 8.85. The molecular formula is C29H29F5N2O2. The molecule has 0 amide bonds. The topological polar surface area (TPSA) is 45.6 Å². The van der Waals surface area contributed by atoms with Gasteiger partial charge in [0.25, 0.3) is 0 Å². The molecule has 1 atom stereocenters. The Morgan fingerprint density at radius 2 is 1.84 bits per heavy atom. The van der Waals surface area contributed by atoms with Crippen molar-refractivity contribution < 1.29 is 31.8 Å². The van der Waals surface area contributed by atoms with Crippen molar-refractivity contribution in [3.05, 3.63) is 70.7 Å². The van der Waals surface area contributed by atoms with Crippen molar-refractivity contribution in [2.45, 2.75) is 38.5 Å². The highest BCUT2D eigenvalue weighted by molar-refractivity contribution is 5.85. The van der Waals surface area contributed by atoms with Crippen LogP contribution in [0.5, 0.6) is 5.75 Å². The first-order valence-electron chi connectivity index (χ1n) is 12.4. The van der Waals surface area contributed by atoms with E-state index in [2.05, 4.69) is 16.8 Å². The number of aliphatic hydroxyl groups excluding tert-OH is 1. The lowest BCUT2D eigenvalue weighted by molar-refractivity contribution is 0.0344. The summed E-state index contributed by atoms with van der Waals surface area (Å²) >= 11 is 0. The summed E-state index contributed by atoms with van der Waals surface area (Å²) < 4.78 is 74.5. The molecule has 2 heterocycles. The smallest absolute Gasteiger partial charge is 0.194 e. The van der Waals surface area contributed by atoms with Crippen molar-refractivity contribution in [1.29, 1.82) is 0 Å². The van der Waals surface area contributed by atoms with Crippen LogP contribution in [0.15, 0.2) is 36.5 Å². The molecule has 0 spiro atoms. The van der Waals surface area contributed by atoms with Crippen molar-refractivity contribution in [3.63, 3.8) is 0 Å². The SMILES string of the molecule is COc1ccc2ncc(CF)c(C(F)CCC3(CO)CCN(CC#Cc4cc(F)c(F)c(F)c4)CC3)c2c1. The lowest BCUT2D eigenvalue weighted by Crippen LogP contribution is -2.42. The Hall–Kier alpha value is -3.22. The van der Waals surface area contributed by atoms with E-state index in [-0.39, 0.29) is 29.7 Å². The number of benzene rings is 2. The van der Waals surface area contributed by atoms with Crippen LogP contribution in [0.2, 0.25) is 0 Å². The fourth-order valence-corrected chi connectivity index (χ4v) is 4.97. The summed E-state index contributed by atoms with van der Waals surface area (Å²) in [7, 11) is 1.51. The number of likely N-dealkylation sites (tertiary alicyclic amines) is 1. The van der Waals surface area contributed by atoms with Gasteiger partial charge in [-0.3, -0.25) is 9.88 Å². The number of ether oxygens (including phenoxy) is 1. The molecule has 202 valence electrons. The van der Waals surface area contributed by atoms with Gasteiger partial charge in [0, 0.05) is 34.9 Å². The monoisotopic (exact) mass is 532 g/mol. The summed E-state index contributed by atoms with van der Waals surface area (Å²) in [6.07, 6.45) is 1.68. The van der Waals surface area contributed by atoms with E-state index >= 15 is 4.39 Å². The number of halogens is 5. The van der Waals surface area contributed by atoms with E-state index in [1.165, 1.54) is 13.3 Å². The van der Waals surface area contributed by atoms with Gasteiger partial charge in [0.1, 0.15) is 18.6 Å². The van der Waals surface area contributed by atoms with E-state index in [4.69, 9.17) is 4.74 Å². The predicted octanol–water partition coefficient (Wildman–Crippen LogP) is 6.05. The minimum absolute atomic E-state index is 0.0472. The summed E-state index contributed by atoms with van der Waals surface area (Å²) in [6, 6.07) is 6.80. The van der Waals surface area contributed by atoms with Crippen LogP contribution in [0.4, 0.5) is 22.0 Å². The summed E-state index contributed by atoms with van der Waals surface area (Å²) in [4.78, 5) is 6.28. The predicted molar refractivity (Wildman–Crippen MR) is 135 cm³/mol. The lowest BCUT2D eigenvalue weighted by Gasteiger charge is -2.40. The third kappa shape index (κ3) is 6.08. The molecule has 0 saturated carbocycles. The zero-order chi connectivity index (χ0) is 27.3. The zero-order valence-corrected chi connectivity index (χ0v) is 21.0. The number of methoxy groups -OCH3 is 1. The number of alkyl halides is 2. The van der Waals surface area contributed by atoms with Crippen LogP contribution in [0, 0.1) is 34.7 Å². The Labute approximate surface area is 218 Å². The third-order valence-electron chi connectivity index (χ3n) is 7.36. The molecule has 1 aromatic heterocycles. The van der Waals surface area contributed by atoms with Crippen molar-refractivity contribution >= 4 is 10.9 Å². The zero-order valence-electron chi connectivity index (χ0n) is 21.0. The largest absolute Gasteiger partial charge is 0.497 e. The first kappa shape index (κ1) is 27.8. The molecule has 4 nitrogen and oxygen atoms in total. The first-order valence-corrected chi connectivity index (χ1v) is 12.4. The maximum absolute atomic E-state index is 15.7. The molecule has 1 N–H and O–H groups in total. The van der Waals surface area contributed by atoms with Gasteiger partial charge in [-0.25, -0.2) is 22.0 Å². The maximum Gasteiger partial charge on any atom is 0.194 e. The first-order chi connectivity index (χ1) is 18.3. The molecule has 2 aromatic carbocycles. The van der Waals surface area contributed by atoms with Crippen molar-refractivity contribution in [2.75, 3.05) is 33.4 Å². The number of aromatic nitrogens is 1. The van der Waals surface area contributed by atoms with E-state index in [9.17, 15) is 22.7 Å². The number of piperidine rings is 1. The van der Waals surface area contributed by atoms with Gasteiger partial charge in [0.2, 0.25) is 0 Å². The van der Waals surface area contributed by atoms with Gasteiger partial charge in [-0.05, 0) is 74.5 Å². The second kappa shape index (κ2) is 12.1. The number of hydrogen-bond donors (Lipinski definition) is 1. The van der Waals surface area contributed by atoms with Gasteiger partial charge in [-0.2, -0.15) is 0 Å². The average Bonchev–Trinajstić information content (AvgIpc) is 2.94. The Balaban J connectivity index is 1.39. The highest BCUT2D eigenvalue weighted by atomic mass is 19.2. The van der Waals surface area contributed by atoms with Gasteiger partial charge in [0.05, 0.1) is 19.2 Å². The molecule has 1 unspecified atom stereocenters. The van der Waals surface area contributed by atoms with Crippen LogP contribution < -0.4 is 4.74 Å². The van der Waals surface area contributed by atoms with Crippen LogP contribution in [0.3, 0.4) is 0 Å². The van der Waals surface area contributed by atoms with E-state index in [0.29, 0.717) is 55.5 Å². The summed E-state index contributed by atoms with van der Waals surface area (Å²) in [6.45, 7) is 0.591. The van der Waals surface area contributed by atoms with Gasteiger partial charge < -0.3 is 9.84 Å². The fourth-order valence-electron chi connectivity index (χ4n) is 4.97. The normalized spacial score (nSPS) is 16.2. The third-order valence-corrected chi connectivity index (χ3v) is 7.36. The molecule has 0 bridgehead atoms.